The highest BCUT2D eigenvalue weighted by molar-refractivity contribution is 7.00. The maximum atomic E-state index is 10.5. The van der Waals surface area contributed by atoms with Crippen LogP contribution in [0.1, 0.15) is 0 Å². The molecule has 0 amide bonds. The summed E-state index contributed by atoms with van der Waals surface area (Å²) in [5.41, 5.74) is 1.17. The second-order valence-corrected chi connectivity index (χ2v) is 3.72. The third-order valence-electron chi connectivity index (χ3n) is 1.90. The molecule has 0 radical (unpaired) electrons. The van der Waals surface area contributed by atoms with Gasteiger partial charge in [-0.15, -0.1) is 3.96 Å². The van der Waals surface area contributed by atoms with E-state index < -0.39 is 0 Å². The van der Waals surface area contributed by atoms with Gasteiger partial charge in [-0.3, -0.25) is 10.1 Å². The van der Waals surface area contributed by atoms with Crippen LogP contribution in [-0.4, -0.2) is 4.92 Å². The fourth-order valence-corrected chi connectivity index (χ4v) is 1.97. The molecule has 4 nitrogen and oxygen atoms in total. The Hall–Kier alpha value is -1.49. The van der Waals surface area contributed by atoms with Gasteiger partial charge >= 0.3 is 0 Å². The number of aromatic nitrogens is 1. The maximum Gasteiger partial charge on any atom is 0.270 e. The van der Waals surface area contributed by atoms with Gasteiger partial charge in [0.1, 0.15) is 11.5 Å². The quantitative estimate of drug-likeness (QED) is 0.394. The van der Waals surface area contributed by atoms with Gasteiger partial charge in [-0.05, 0) is 0 Å². The van der Waals surface area contributed by atoms with E-state index in [4.69, 9.17) is 0 Å². The summed E-state index contributed by atoms with van der Waals surface area (Å²) in [5, 5.41) is 13.3. The molecule has 0 saturated heterocycles. The van der Waals surface area contributed by atoms with E-state index in [1.54, 1.807) is 12.1 Å². The molecule has 0 atom stereocenters. The van der Waals surface area contributed by atoms with Gasteiger partial charge in [-0.1, -0.05) is 0 Å². The van der Waals surface area contributed by atoms with Gasteiger partial charge in [0.05, 0.1) is 15.7 Å². The number of nitro benzene ring substituents is 1. The Kier molecular flexibility index (Phi) is 1.73. The minimum atomic E-state index is -0.378. The van der Waals surface area contributed by atoms with Gasteiger partial charge in [0.25, 0.3) is 5.69 Å². The Balaban J connectivity index is 2.70. The fraction of sp³-hybridized carbons (Fsp3) is 0.125. The molecule has 0 spiro atoms. The number of non-ortho nitro benzene ring substituents is 1. The number of benzene rings is 1. The minimum absolute atomic E-state index is 0.144. The molecule has 2 aromatic rings. The van der Waals surface area contributed by atoms with Crippen LogP contribution in [0, 0.1) is 10.1 Å². The molecule has 0 bridgehead atoms. The zero-order chi connectivity index (χ0) is 9.42. The largest absolute Gasteiger partial charge is 0.270 e. The molecule has 0 N–H and O–H groups in total. The van der Waals surface area contributed by atoms with E-state index in [1.165, 1.54) is 17.6 Å². The lowest BCUT2D eigenvalue weighted by atomic mass is 10.2. The van der Waals surface area contributed by atoms with E-state index in [1.807, 2.05) is 16.4 Å². The minimum Gasteiger partial charge on any atom is -0.258 e. The third kappa shape index (κ3) is 1.27. The number of rotatable bonds is 1. The second-order valence-electron chi connectivity index (χ2n) is 2.72. The molecule has 1 heterocycles. The summed E-state index contributed by atoms with van der Waals surface area (Å²) in [5.74, 6) is 0. The SMILES string of the molecule is C[n+]1scc2cc([N+](=O)[O-])ccc21. The van der Waals surface area contributed by atoms with Crippen molar-refractivity contribution in [1.29, 1.82) is 0 Å². The van der Waals surface area contributed by atoms with Crippen molar-refractivity contribution in [3.05, 3.63) is 33.7 Å². The highest BCUT2D eigenvalue weighted by atomic mass is 32.1. The lowest BCUT2D eigenvalue weighted by Crippen LogP contribution is -2.21. The number of hydrogen-bond acceptors (Lipinski definition) is 3. The predicted molar refractivity (Wildman–Crippen MR) is 49.7 cm³/mol. The van der Waals surface area contributed by atoms with E-state index >= 15 is 0 Å². The van der Waals surface area contributed by atoms with E-state index in [0.29, 0.717) is 0 Å². The molecule has 5 heteroatoms. The van der Waals surface area contributed by atoms with Crippen LogP contribution in [0.5, 0.6) is 0 Å². The molecule has 0 aliphatic rings. The topological polar surface area (TPSA) is 47.0 Å². The summed E-state index contributed by atoms with van der Waals surface area (Å²) in [4.78, 5) is 10.1. The van der Waals surface area contributed by atoms with Crippen LogP contribution >= 0.6 is 11.5 Å². The van der Waals surface area contributed by atoms with Crippen molar-refractivity contribution in [3.63, 3.8) is 0 Å². The van der Waals surface area contributed by atoms with E-state index in [0.717, 1.165) is 10.9 Å². The van der Waals surface area contributed by atoms with Crippen LogP contribution in [0.2, 0.25) is 0 Å². The smallest absolute Gasteiger partial charge is 0.258 e. The molecule has 0 fully saturated rings. The van der Waals surface area contributed by atoms with Crippen molar-refractivity contribution in [1.82, 2.24) is 0 Å². The van der Waals surface area contributed by atoms with Crippen molar-refractivity contribution in [2.45, 2.75) is 0 Å². The van der Waals surface area contributed by atoms with Crippen molar-refractivity contribution >= 4 is 28.1 Å². The summed E-state index contributed by atoms with van der Waals surface area (Å²) in [7, 11) is 1.93. The summed E-state index contributed by atoms with van der Waals surface area (Å²) in [6.07, 6.45) is 0. The van der Waals surface area contributed by atoms with Crippen molar-refractivity contribution < 1.29 is 8.88 Å². The third-order valence-corrected chi connectivity index (χ3v) is 2.77. The van der Waals surface area contributed by atoms with Crippen LogP contribution < -0.4 is 3.96 Å². The molecule has 0 saturated carbocycles. The van der Waals surface area contributed by atoms with Crippen molar-refractivity contribution in [3.8, 4) is 0 Å². The van der Waals surface area contributed by atoms with E-state index in [-0.39, 0.29) is 10.6 Å². The fourth-order valence-electron chi connectivity index (χ4n) is 1.23. The molecule has 0 aliphatic carbocycles. The Morgan fingerprint density at radius 1 is 1.54 bits per heavy atom. The molecule has 66 valence electrons. The summed E-state index contributed by atoms with van der Waals surface area (Å²) in [6, 6.07) is 4.88. The Morgan fingerprint density at radius 3 is 3.00 bits per heavy atom. The standard InChI is InChI=1S/C8H7N2O2S/c1-9-8-3-2-7(10(11)12)4-6(8)5-13-9/h2-5H,1H3/q+1. The Morgan fingerprint density at radius 2 is 2.31 bits per heavy atom. The maximum absolute atomic E-state index is 10.5. The van der Waals surface area contributed by atoms with Crippen LogP contribution in [0.3, 0.4) is 0 Å². The number of nitrogens with zero attached hydrogens (tertiary/aromatic N) is 2. The van der Waals surface area contributed by atoms with Crippen molar-refractivity contribution in [2.24, 2.45) is 7.05 Å². The van der Waals surface area contributed by atoms with Crippen LogP contribution in [0.4, 0.5) is 5.69 Å². The van der Waals surface area contributed by atoms with Gasteiger partial charge < -0.3 is 0 Å². The average Bonchev–Trinajstić information content (AvgIpc) is 2.47. The number of aryl methyl sites for hydroxylation is 1. The molecule has 0 unspecified atom stereocenters. The van der Waals surface area contributed by atoms with Crippen LogP contribution in [0.25, 0.3) is 10.9 Å². The van der Waals surface area contributed by atoms with Crippen molar-refractivity contribution in [2.75, 3.05) is 0 Å². The van der Waals surface area contributed by atoms with E-state index in [2.05, 4.69) is 0 Å². The van der Waals surface area contributed by atoms with Gasteiger partial charge in [0, 0.05) is 18.2 Å². The zero-order valence-corrected chi connectivity index (χ0v) is 7.75. The lowest BCUT2D eigenvalue weighted by Gasteiger charge is -1.88. The molecular formula is C8H7N2O2S+. The first-order chi connectivity index (χ1) is 6.18. The van der Waals surface area contributed by atoms with Gasteiger partial charge in [0.15, 0.2) is 7.05 Å². The zero-order valence-electron chi connectivity index (χ0n) is 6.93. The predicted octanol–water partition coefficient (Wildman–Crippen LogP) is 1.63. The summed E-state index contributed by atoms with van der Waals surface area (Å²) < 4.78 is 1.97. The first-order valence-corrected chi connectivity index (χ1v) is 4.54. The number of nitro groups is 1. The Labute approximate surface area is 78.3 Å². The molecule has 13 heavy (non-hydrogen) atoms. The number of fused-ring (bicyclic) bond motifs is 1. The Bertz CT molecular complexity index is 478. The molecular weight excluding hydrogens is 188 g/mol. The monoisotopic (exact) mass is 195 g/mol. The second kappa shape index (κ2) is 2.77. The molecule has 0 aliphatic heterocycles. The normalized spacial score (nSPS) is 10.5. The summed E-state index contributed by atoms with van der Waals surface area (Å²) >= 11 is 1.53. The van der Waals surface area contributed by atoms with Crippen LogP contribution in [0.15, 0.2) is 23.6 Å². The average molecular weight is 195 g/mol. The molecule has 1 aromatic carbocycles. The highest BCUT2D eigenvalue weighted by Gasteiger charge is 2.12. The number of hydrogen-bond donors (Lipinski definition) is 0. The first-order valence-electron chi connectivity index (χ1n) is 3.70. The van der Waals surface area contributed by atoms with Gasteiger partial charge in [-0.25, -0.2) is 0 Å². The van der Waals surface area contributed by atoms with E-state index in [9.17, 15) is 10.1 Å². The lowest BCUT2D eigenvalue weighted by molar-refractivity contribution is -0.573. The van der Waals surface area contributed by atoms with Crippen LogP contribution in [-0.2, 0) is 7.05 Å². The molecule has 1 aromatic heterocycles. The highest BCUT2D eigenvalue weighted by Crippen LogP contribution is 2.19. The van der Waals surface area contributed by atoms with Gasteiger partial charge in [0.2, 0.25) is 5.52 Å². The molecule has 2 rings (SSSR count). The summed E-state index contributed by atoms with van der Waals surface area (Å²) in [6.45, 7) is 0. The van der Waals surface area contributed by atoms with Gasteiger partial charge in [-0.2, -0.15) is 0 Å². The first kappa shape index (κ1) is 8.12.